The molecule has 3 aliphatic rings. The first-order valence-electron chi connectivity index (χ1n) is 10.7. The van der Waals surface area contributed by atoms with Crippen LogP contribution in [-0.2, 0) is 11.3 Å². The van der Waals surface area contributed by atoms with Crippen molar-refractivity contribution in [1.29, 1.82) is 0 Å². The Kier molecular flexibility index (Phi) is 4.84. The van der Waals surface area contributed by atoms with Gasteiger partial charge in [-0.2, -0.15) is 0 Å². The van der Waals surface area contributed by atoms with Gasteiger partial charge < -0.3 is 25.0 Å². The lowest BCUT2D eigenvalue weighted by molar-refractivity contribution is 0.130. The number of nitrogens with one attached hydrogen (secondary N) is 2. The molecule has 2 N–H and O–H groups in total. The molecule has 0 bridgehead atoms. The van der Waals surface area contributed by atoms with Crippen molar-refractivity contribution >= 4 is 17.1 Å². The van der Waals surface area contributed by atoms with Gasteiger partial charge in [0, 0.05) is 48.2 Å². The van der Waals surface area contributed by atoms with Crippen LogP contribution >= 0.6 is 0 Å². The lowest BCUT2D eigenvalue weighted by atomic mass is 9.89. The van der Waals surface area contributed by atoms with E-state index in [1.165, 1.54) is 23.2 Å². The van der Waals surface area contributed by atoms with Crippen molar-refractivity contribution in [3.05, 3.63) is 41.1 Å². The van der Waals surface area contributed by atoms with Gasteiger partial charge in [0.1, 0.15) is 5.69 Å². The summed E-state index contributed by atoms with van der Waals surface area (Å²) < 4.78 is 11.9. The monoisotopic (exact) mass is 394 g/mol. The standard InChI is InChI=1S/C23H30N4O2/c1-14(2)29-23-20(8-15(3)11-25-23)26-17-9-16-13-28-7-6-27-21-4-5-24-12-19(21)18(10-17)22(16)27/h8-11,14,19,21,24,26H,4-7,12-13H2,1-3H3/t19-,21-/m0/s1. The Labute approximate surface area is 172 Å². The molecular formula is C23H30N4O2. The van der Waals surface area contributed by atoms with Crippen LogP contribution in [0.15, 0.2) is 24.4 Å². The maximum absolute atomic E-state index is 5.94. The van der Waals surface area contributed by atoms with Crippen molar-refractivity contribution in [2.24, 2.45) is 0 Å². The normalized spacial score (nSPS) is 22.8. The molecule has 5 rings (SSSR count). The fraction of sp³-hybridized carbons (Fsp3) is 0.522. The van der Waals surface area contributed by atoms with Crippen LogP contribution in [0.5, 0.6) is 5.88 Å². The van der Waals surface area contributed by atoms with Crippen molar-refractivity contribution in [1.82, 2.24) is 10.3 Å². The number of nitrogens with zero attached hydrogens (tertiary/aromatic N) is 2. The average Bonchev–Trinajstić information content (AvgIpc) is 2.85. The highest BCUT2D eigenvalue weighted by Gasteiger charge is 2.41. The molecule has 0 spiro atoms. The van der Waals surface area contributed by atoms with Crippen molar-refractivity contribution in [2.75, 3.05) is 36.5 Å². The number of aromatic nitrogens is 1. The maximum atomic E-state index is 5.94. The van der Waals surface area contributed by atoms with E-state index in [4.69, 9.17) is 9.47 Å². The van der Waals surface area contributed by atoms with Crippen molar-refractivity contribution < 1.29 is 9.47 Å². The number of aryl methyl sites for hydroxylation is 1. The van der Waals surface area contributed by atoms with Crippen LogP contribution in [0.4, 0.5) is 17.1 Å². The van der Waals surface area contributed by atoms with Gasteiger partial charge >= 0.3 is 0 Å². The molecular weight excluding hydrogens is 364 g/mol. The first-order valence-corrected chi connectivity index (χ1v) is 10.7. The Balaban J connectivity index is 1.54. The van der Waals surface area contributed by atoms with E-state index < -0.39 is 0 Å². The van der Waals surface area contributed by atoms with E-state index in [1.807, 2.05) is 20.0 Å². The van der Waals surface area contributed by atoms with Crippen LogP contribution in [-0.4, -0.2) is 43.4 Å². The molecule has 1 aromatic heterocycles. The predicted octanol–water partition coefficient (Wildman–Crippen LogP) is 3.72. The van der Waals surface area contributed by atoms with Gasteiger partial charge in [0.15, 0.2) is 0 Å². The minimum atomic E-state index is 0.0754. The molecule has 2 atom stereocenters. The summed E-state index contributed by atoms with van der Waals surface area (Å²) in [6, 6.07) is 7.26. The minimum Gasteiger partial charge on any atom is -0.473 e. The highest BCUT2D eigenvalue weighted by atomic mass is 16.5. The molecule has 0 amide bonds. The zero-order chi connectivity index (χ0) is 20.0. The molecule has 1 saturated heterocycles. The Hall–Kier alpha value is -2.31. The fourth-order valence-corrected chi connectivity index (χ4v) is 4.98. The second-order valence-electron chi connectivity index (χ2n) is 8.64. The largest absolute Gasteiger partial charge is 0.473 e. The summed E-state index contributed by atoms with van der Waals surface area (Å²) in [5.41, 5.74) is 7.23. The lowest BCUT2D eigenvalue weighted by Gasteiger charge is -2.33. The molecule has 1 fully saturated rings. The maximum Gasteiger partial charge on any atom is 0.237 e. The number of fused-ring (bicyclic) bond motifs is 3. The zero-order valence-corrected chi connectivity index (χ0v) is 17.5. The number of benzene rings is 1. The molecule has 4 heterocycles. The van der Waals surface area contributed by atoms with Crippen molar-refractivity contribution in [3.63, 3.8) is 0 Å². The molecule has 6 nitrogen and oxygen atoms in total. The second kappa shape index (κ2) is 7.50. The Morgan fingerprint density at radius 2 is 2.21 bits per heavy atom. The first-order chi connectivity index (χ1) is 14.1. The van der Waals surface area contributed by atoms with Gasteiger partial charge in [-0.1, -0.05) is 0 Å². The molecule has 6 heteroatoms. The number of piperidine rings is 1. The van der Waals surface area contributed by atoms with E-state index in [2.05, 4.69) is 45.6 Å². The van der Waals surface area contributed by atoms with Crippen molar-refractivity contribution in [3.8, 4) is 5.88 Å². The van der Waals surface area contributed by atoms with Crippen molar-refractivity contribution in [2.45, 2.75) is 51.9 Å². The van der Waals surface area contributed by atoms with Gasteiger partial charge in [0.25, 0.3) is 0 Å². The summed E-state index contributed by atoms with van der Waals surface area (Å²) in [4.78, 5) is 7.11. The molecule has 2 aromatic rings. The number of rotatable bonds is 4. The summed E-state index contributed by atoms with van der Waals surface area (Å²) in [7, 11) is 0. The Morgan fingerprint density at radius 3 is 3.07 bits per heavy atom. The average molecular weight is 395 g/mol. The minimum absolute atomic E-state index is 0.0754. The Bertz CT molecular complexity index is 914. The fourth-order valence-electron chi connectivity index (χ4n) is 4.98. The third-order valence-corrected chi connectivity index (χ3v) is 6.10. The molecule has 154 valence electrons. The first kappa shape index (κ1) is 18.7. The molecule has 0 radical (unpaired) electrons. The Morgan fingerprint density at radius 1 is 1.31 bits per heavy atom. The smallest absolute Gasteiger partial charge is 0.237 e. The number of hydrogen-bond donors (Lipinski definition) is 2. The summed E-state index contributed by atoms with van der Waals surface area (Å²) in [5.74, 6) is 1.19. The molecule has 1 aromatic carbocycles. The molecule has 0 unspecified atom stereocenters. The van der Waals surface area contributed by atoms with Crippen LogP contribution in [0.3, 0.4) is 0 Å². The topological polar surface area (TPSA) is 58.7 Å². The number of ether oxygens (including phenoxy) is 2. The van der Waals surface area contributed by atoms with Crippen LogP contribution in [0.2, 0.25) is 0 Å². The SMILES string of the molecule is Cc1cnc(OC(C)C)c(Nc2cc3c4c(c2)[C@@H]2CNCC[C@@H]2N4CCOC3)c1. The highest BCUT2D eigenvalue weighted by Crippen LogP contribution is 2.47. The summed E-state index contributed by atoms with van der Waals surface area (Å²) in [5, 5.41) is 7.19. The van der Waals surface area contributed by atoms with E-state index in [1.54, 1.807) is 0 Å². The van der Waals surface area contributed by atoms with Crippen LogP contribution in [0, 0.1) is 6.92 Å². The van der Waals surface area contributed by atoms with E-state index in [0.717, 1.165) is 43.2 Å². The molecule has 29 heavy (non-hydrogen) atoms. The van der Waals surface area contributed by atoms with Gasteiger partial charge in [-0.15, -0.1) is 0 Å². The van der Waals surface area contributed by atoms with Gasteiger partial charge in [-0.3, -0.25) is 0 Å². The molecule has 0 aliphatic carbocycles. The lowest BCUT2D eigenvalue weighted by Crippen LogP contribution is -2.44. The van der Waals surface area contributed by atoms with E-state index in [-0.39, 0.29) is 6.10 Å². The highest BCUT2D eigenvalue weighted by molar-refractivity contribution is 5.75. The summed E-state index contributed by atoms with van der Waals surface area (Å²) >= 11 is 0. The van der Waals surface area contributed by atoms with Gasteiger partial charge in [-0.05, 0) is 63.1 Å². The molecule has 3 aliphatic heterocycles. The summed E-state index contributed by atoms with van der Waals surface area (Å²) in [6.45, 7) is 10.7. The van der Waals surface area contributed by atoms with E-state index >= 15 is 0 Å². The van der Waals surface area contributed by atoms with E-state index in [0.29, 0.717) is 24.4 Å². The number of pyridine rings is 1. The van der Waals surface area contributed by atoms with Gasteiger partial charge in [0.05, 0.1) is 19.3 Å². The molecule has 0 saturated carbocycles. The zero-order valence-electron chi connectivity index (χ0n) is 17.5. The van der Waals surface area contributed by atoms with Crippen LogP contribution in [0.25, 0.3) is 0 Å². The van der Waals surface area contributed by atoms with Crippen LogP contribution in [0.1, 0.15) is 42.9 Å². The van der Waals surface area contributed by atoms with E-state index in [9.17, 15) is 0 Å². The predicted molar refractivity (Wildman–Crippen MR) is 115 cm³/mol. The van der Waals surface area contributed by atoms with Gasteiger partial charge in [-0.25, -0.2) is 4.98 Å². The summed E-state index contributed by atoms with van der Waals surface area (Å²) in [6.07, 6.45) is 3.12. The van der Waals surface area contributed by atoms with Crippen LogP contribution < -0.4 is 20.3 Å². The second-order valence-corrected chi connectivity index (χ2v) is 8.64. The van der Waals surface area contributed by atoms with Gasteiger partial charge in [0.2, 0.25) is 5.88 Å². The quantitative estimate of drug-likeness (QED) is 0.824. The number of hydrogen-bond acceptors (Lipinski definition) is 6. The number of anilines is 3. The third kappa shape index (κ3) is 3.45. The third-order valence-electron chi connectivity index (χ3n) is 6.10.